The first kappa shape index (κ1) is 22.8. The van der Waals surface area contributed by atoms with Gasteiger partial charge in [0.25, 0.3) is 0 Å². The molecule has 0 bridgehead atoms. The van der Waals surface area contributed by atoms with Gasteiger partial charge in [0.1, 0.15) is 11.6 Å². The quantitative estimate of drug-likeness (QED) is 0.619. The summed E-state index contributed by atoms with van der Waals surface area (Å²) in [6.07, 6.45) is 4.82. The van der Waals surface area contributed by atoms with E-state index in [1.807, 2.05) is 18.2 Å². The van der Waals surface area contributed by atoms with Gasteiger partial charge in [0.05, 0.1) is 6.04 Å². The summed E-state index contributed by atoms with van der Waals surface area (Å²) < 4.78 is 0. The number of benzene rings is 1. The van der Waals surface area contributed by atoms with Crippen molar-refractivity contribution in [2.24, 2.45) is 11.8 Å². The van der Waals surface area contributed by atoms with Gasteiger partial charge in [-0.3, -0.25) is 0 Å². The van der Waals surface area contributed by atoms with Gasteiger partial charge in [-0.2, -0.15) is 9.97 Å². The van der Waals surface area contributed by atoms with Crippen LogP contribution in [-0.4, -0.2) is 41.3 Å². The molecule has 2 saturated heterocycles. The van der Waals surface area contributed by atoms with Crippen LogP contribution >= 0.6 is 12.2 Å². The number of aromatic nitrogens is 2. The summed E-state index contributed by atoms with van der Waals surface area (Å²) >= 11 is 5.61. The lowest BCUT2D eigenvalue weighted by Crippen LogP contribution is -2.36. The molecule has 2 N–H and O–H groups in total. The van der Waals surface area contributed by atoms with Crippen LogP contribution in [0.2, 0.25) is 0 Å². The molecule has 1 aromatic heterocycles. The number of nitrogens with zero attached hydrogens (tertiary/aromatic N) is 4. The van der Waals surface area contributed by atoms with Crippen molar-refractivity contribution in [1.29, 1.82) is 0 Å². The topological polar surface area (TPSA) is 56.3 Å². The van der Waals surface area contributed by atoms with Crippen LogP contribution in [0.3, 0.4) is 0 Å². The first-order valence-corrected chi connectivity index (χ1v) is 12.4. The zero-order valence-corrected chi connectivity index (χ0v) is 20.4. The van der Waals surface area contributed by atoms with E-state index in [0.717, 1.165) is 49.7 Å². The molecule has 6 nitrogen and oxygen atoms in total. The molecular formula is C25H36N6S. The molecule has 0 aliphatic carbocycles. The highest BCUT2D eigenvalue weighted by Crippen LogP contribution is 2.28. The Labute approximate surface area is 197 Å². The van der Waals surface area contributed by atoms with E-state index in [4.69, 9.17) is 22.2 Å². The van der Waals surface area contributed by atoms with E-state index < -0.39 is 0 Å². The second-order valence-corrected chi connectivity index (χ2v) is 9.89. The van der Waals surface area contributed by atoms with Gasteiger partial charge in [0, 0.05) is 32.2 Å². The minimum atomic E-state index is 0.103. The lowest BCUT2D eigenvalue weighted by Gasteiger charge is -2.34. The van der Waals surface area contributed by atoms with Gasteiger partial charge < -0.3 is 20.4 Å². The molecule has 1 aromatic carbocycles. The van der Waals surface area contributed by atoms with Crippen molar-refractivity contribution in [1.82, 2.24) is 15.3 Å². The highest BCUT2D eigenvalue weighted by molar-refractivity contribution is 7.80. The summed E-state index contributed by atoms with van der Waals surface area (Å²) in [6, 6.07) is 12.6. The monoisotopic (exact) mass is 452 g/mol. The fourth-order valence-electron chi connectivity index (χ4n) is 4.44. The first-order valence-electron chi connectivity index (χ1n) is 12.0. The van der Waals surface area contributed by atoms with E-state index in [2.05, 4.69) is 59.4 Å². The Morgan fingerprint density at radius 3 is 1.91 bits per heavy atom. The van der Waals surface area contributed by atoms with Crippen LogP contribution in [0, 0.1) is 11.8 Å². The van der Waals surface area contributed by atoms with Gasteiger partial charge in [0.2, 0.25) is 5.95 Å². The van der Waals surface area contributed by atoms with E-state index in [0.29, 0.717) is 11.1 Å². The molecule has 2 fully saturated rings. The second kappa shape index (κ2) is 10.5. The van der Waals surface area contributed by atoms with Crippen LogP contribution in [0.15, 0.2) is 36.4 Å². The summed E-state index contributed by atoms with van der Waals surface area (Å²) in [5.74, 6) is 4.14. The molecule has 32 heavy (non-hydrogen) atoms. The largest absolute Gasteiger partial charge is 0.356 e. The van der Waals surface area contributed by atoms with Crippen LogP contribution in [-0.2, 0) is 0 Å². The molecule has 2 aromatic rings. The Morgan fingerprint density at radius 2 is 1.41 bits per heavy atom. The Hall–Kier alpha value is -2.41. The lowest BCUT2D eigenvalue weighted by atomic mass is 9.99. The van der Waals surface area contributed by atoms with Gasteiger partial charge in [-0.15, -0.1) is 0 Å². The average Bonchev–Trinajstić information content (AvgIpc) is 2.80. The second-order valence-electron chi connectivity index (χ2n) is 9.48. The SMILES string of the molecule is CC1CCN(c2cc(N3CCC(C)CC3)nc(NC(=S)N[C@@H](C)c3ccccc3)n2)CC1. The Morgan fingerprint density at radius 1 is 0.906 bits per heavy atom. The van der Waals surface area contributed by atoms with Gasteiger partial charge in [-0.1, -0.05) is 44.2 Å². The Kier molecular flexibility index (Phi) is 7.45. The molecule has 0 radical (unpaired) electrons. The summed E-state index contributed by atoms with van der Waals surface area (Å²) in [5.41, 5.74) is 1.19. The minimum absolute atomic E-state index is 0.103. The summed E-state index contributed by atoms with van der Waals surface area (Å²) in [5, 5.41) is 7.18. The molecule has 172 valence electrons. The summed E-state index contributed by atoms with van der Waals surface area (Å²) in [6.45, 7) is 11.0. The number of hydrogen-bond acceptors (Lipinski definition) is 5. The van der Waals surface area contributed by atoms with Crippen molar-refractivity contribution in [3.63, 3.8) is 0 Å². The maximum absolute atomic E-state index is 5.61. The maximum Gasteiger partial charge on any atom is 0.232 e. The third kappa shape index (κ3) is 5.88. The Balaban J connectivity index is 1.51. The van der Waals surface area contributed by atoms with Crippen LogP contribution in [0.1, 0.15) is 58.1 Å². The molecular weight excluding hydrogens is 416 g/mol. The molecule has 4 rings (SSSR count). The molecule has 0 spiro atoms. The van der Waals surface area contributed by atoms with Crippen LogP contribution in [0.25, 0.3) is 0 Å². The van der Waals surface area contributed by atoms with Crippen molar-refractivity contribution in [2.75, 3.05) is 41.3 Å². The number of piperidine rings is 2. The van der Waals surface area contributed by atoms with E-state index >= 15 is 0 Å². The fourth-order valence-corrected chi connectivity index (χ4v) is 4.70. The smallest absolute Gasteiger partial charge is 0.232 e. The molecule has 0 amide bonds. The van der Waals surface area contributed by atoms with Gasteiger partial charge in [0.15, 0.2) is 5.11 Å². The average molecular weight is 453 g/mol. The standard InChI is InChI=1S/C25H36N6S/c1-18-9-13-30(14-10-18)22-17-23(31-15-11-19(2)12-16-31)28-24(27-22)29-25(32)26-20(3)21-7-5-4-6-8-21/h4-8,17-20H,9-16H2,1-3H3,(H2,26,27,28,29,32)/t20-/m0/s1. The zero-order chi connectivity index (χ0) is 22.5. The molecule has 7 heteroatoms. The molecule has 1 atom stereocenters. The van der Waals surface area contributed by atoms with Gasteiger partial charge in [-0.05, 0) is 62.2 Å². The van der Waals surface area contributed by atoms with Crippen LogP contribution in [0.5, 0.6) is 0 Å². The van der Waals surface area contributed by atoms with Gasteiger partial charge in [-0.25, -0.2) is 0 Å². The highest BCUT2D eigenvalue weighted by atomic mass is 32.1. The van der Waals surface area contributed by atoms with Crippen LogP contribution < -0.4 is 20.4 Å². The number of thiocarbonyl (C=S) groups is 1. The number of nitrogens with one attached hydrogen (secondary N) is 2. The molecule has 2 aliphatic heterocycles. The van der Waals surface area contributed by atoms with Crippen molar-refractivity contribution >= 4 is 34.9 Å². The van der Waals surface area contributed by atoms with E-state index in [9.17, 15) is 0 Å². The van der Waals surface area contributed by atoms with Gasteiger partial charge >= 0.3 is 0 Å². The third-order valence-electron chi connectivity index (χ3n) is 6.79. The third-order valence-corrected chi connectivity index (χ3v) is 7.01. The molecule has 0 unspecified atom stereocenters. The van der Waals surface area contributed by atoms with Crippen LogP contribution in [0.4, 0.5) is 17.6 Å². The van der Waals surface area contributed by atoms with E-state index in [-0.39, 0.29) is 6.04 Å². The minimum Gasteiger partial charge on any atom is -0.356 e. The predicted molar refractivity (Wildman–Crippen MR) is 137 cm³/mol. The number of anilines is 3. The summed E-state index contributed by atoms with van der Waals surface area (Å²) in [7, 11) is 0. The fraction of sp³-hybridized carbons (Fsp3) is 0.560. The van der Waals surface area contributed by atoms with E-state index in [1.165, 1.54) is 31.2 Å². The lowest BCUT2D eigenvalue weighted by molar-refractivity contribution is 0.433. The zero-order valence-electron chi connectivity index (χ0n) is 19.6. The normalized spacial score (nSPS) is 19.0. The molecule has 3 heterocycles. The Bertz CT molecular complexity index is 848. The number of hydrogen-bond donors (Lipinski definition) is 2. The maximum atomic E-state index is 5.61. The van der Waals surface area contributed by atoms with Crippen molar-refractivity contribution in [2.45, 2.75) is 52.5 Å². The van der Waals surface area contributed by atoms with Crippen molar-refractivity contribution in [3.8, 4) is 0 Å². The molecule has 2 aliphatic rings. The predicted octanol–water partition coefficient (Wildman–Crippen LogP) is 5.00. The van der Waals surface area contributed by atoms with Crippen molar-refractivity contribution in [3.05, 3.63) is 42.0 Å². The summed E-state index contributed by atoms with van der Waals surface area (Å²) in [4.78, 5) is 14.5. The first-order chi connectivity index (χ1) is 15.5. The molecule has 0 saturated carbocycles. The number of rotatable bonds is 5. The van der Waals surface area contributed by atoms with Crippen molar-refractivity contribution < 1.29 is 0 Å². The van der Waals surface area contributed by atoms with E-state index in [1.54, 1.807) is 0 Å². The highest BCUT2D eigenvalue weighted by Gasteiger charge is 2.22.